The molecule has 2 rings (SSSR count). The summed E-state index contributed by atoms with van der Waals surface area (Å²) in [7, 11) is 0. The van der Waals surface area contributed by atoms with Crippen molar-refractivity contribution in [2.45, 2.75) is 32.6 Å². The van der Waals surface area contributed by atoms with Crippen LogP contribution in [-0.4, -0.2) is 42.6 Å². The van der Waals surface area contributed by atoms with Crippen molar-refractivity contribution in [1.82, 2.24) is 10.2 Å². The second-order valence-electron chi connectivity index (χ2n) is 5.90. The fourth-order valence-electron chi connectivity index (χ4n) is 2.95. The maximum Gasteiger partial charge on any atom is 0.168 e. The van der Waals surface area contributed by atoms with Crippen LogP contribution >= 0.6 is 0 Å². The molecule has 1 fully saturated rings. The highest BCUT2D eigenvalue weighted by molar-refractivity contribution is 6.22. The Labute approximate surface area is 138 Å². The van der Waals surface area contributed by atoms with Gasteiger partial charge in [-0.1, -0.05) is 44.2 Å². The molecule has 0 heterocycles. The first-order valence-electron chi connectivity index (χ1n) is 8.43. The molecule has 0 bridgehead atoms. The highest BCUT2D eigenvalue weighted by Crippen LogP contribution is 2.31. The number of nitrogens with zero attached hydrogens (tertiary/aromatic N) is 1. The van der Waals surface area contributed by atoms with Crippen molar-refractivity contribution in [2.24, 2.45) is 0 Å². The third-order valence-electron chi connectivity index (χ3n) is 4.45. The number of Topliss-reactive ketones (excluding diaryl/α,β-unsaturated/α-hetero) is 2. The van der Waals surface area contributed by atoms with Gasteiger partial charge in [0.25, 0.3) is 0 Å². The number of likely N-dealkylation sites (N-methyl/N-ethyl adjacent to an activating group) is 1. The Morgan fingerprint density at radius 2 is 1.70 bits per heavy atom. The summed E-state index contributed by atoms with van der Waals surface area (Å²) in [6, 6.07) is 9.82. The Kier molecular flexibility index (Phi) is 6.53. The van der Waals surface area contributed by atoms with E-state index in [1.54, 1.807) is 6.20 Å². The molecule has 1 aromatic rings. The van der Waals surface area contributed by atoms with Crippen LogP contribution in [0, 0.1) is 0 Å². The van der Waals surface area contributed by atoms with Gasteiger partial charge in [0, 0.05) is 32.1 Å². The van der Waals surface area contributed by atoms with E-state index >= 15 is 0 Å². The molecular formula is C19H26N2O2. The molecule has 1 N–H and O–H groups in total. The van der Waals surface area contributed by atoms with Crippen LogP contribution in [0.25, 0.3) is 0 Å². The predicted molar refractivity (Wildman–Crippen MR) is 92.3 cm³/mol. The minimum atomic E-state index is -0.0505. The first-order valence-corrected chi connectivity index (χ1v) is 8.43. The quantitative estimate of drug-likeness (QED) is 0.477. The topological polar surface area (TPSA) is 49.4 Å². The molecule has 0 spiro atoms. The summed E-state index contributed by atoms with van der Waals surface area (Å²) in [5.41, 5.74) is 1.40. The van der Waals surface area contributed by atoms with E-state index in [2.05, 4.69) is 24.1 Å². The van der Waals surface area contributed by atoms with Gasteiger partial charge in [-0.25, -0.2) is 0 Å². The number of rotatable bonds is 7. The molecule has 0 unspecified atom stereocenters. The van der Waals surface area contributed by atoms with E-state index in [9.17, 15) is 9.59 Å². The second-order valence-corrected chi connectivity index (χ2v) is 5.90. The van der Waals surface area contributed by atoms with Crippen LogP contribution in [0.5, 0.6) is 0 Å². The zero-order chi connectivity index (χ0) is 16.7. The first-order chi connectivity index (χ1) is 11.2. The minimum Gasteiger partial charge on any atom is -0.389 e. The molecule has 1 aromatic carbocycles. The van der Waals surface area contributed by atoms with Gasteiger partial charge in [-0.3, -0.25) is 9.59 Å². The number of hydrogen-bond acceptors (Lipinski definition) is 4. The second kappa shape index (κ2) is 8.63. The van der Waals surface area contributed by atoms with Gasteiger partial charge >= 0.3 is 0 Å². The van der Waals surface area contributed by atoms with Crippen LogP contribution in [-0.2, 0) is 9.59 Å². The lowest BCUT2D eigenvalue weighted by Gasteiger charge is -2.22. The fourth-order valence-corrected chi connectivity index (χ4v) is 2.95. The lowest BCUT2D eigenvalue weighted by molar-refractivity contribution is -0.124. The normalized spacial score (nSPS) is 18.4. The van der Waals surface area contributed by atoms with Crippen molar-refractivity contribution in [2.75, 3.05) is 26.2 Å². The average molecular weight is 314 g/mol. The maximum absolute atomic E-state index is 12.3. The molecule has 0 radical (unpaired) electrons. The molecule has 1 aliphatic carbocycles. The van der Waals surface area contributed by atoms with Gasteiger partial charge < -0.3 is 10.2 Å². The van der Waals surface area contributed by atoms with Crippen molar-refractivity contribution in [3.05, 3.63) is 47.7 Å². The summed E-state index contributed by atoms with van der Waals surface area (Å²) in [4.78, 5) is 26.9. The smallest absolute Gasteiger partial charge is 0.168 e. The molecular weight excluding hydrogens is 288 g/mol. The first kappa shape index (κ1) is 17.4. The Hall–Kier alpha value is -1.94. The number of nitrogens with one attached hydrogen (secondary N) is 1. The predicted octanol–water partition coefficient (Wildman–Crippen LogP) is 2.52. The molecule has 0 saturated heterocycles. The van der Waals surface area contributed by atoms with Crippen molar-refractivity contribution in [3.63, 3.8) is 0 Å². The summed E-state index contributed by atoms with van der Waals surface area (Å²) in [6.45, 7) is 7.91. The molecule has 4 nitrogen and oxygen atoms in total. The van der Waals surface area contributed by atoms with E-state index in [4.69, 9.17) is 0 Å². The summed E-state index contributed by atoms with van der Waals surface area (Å²) < 4.78 is 0. The van der Waals surface area contributed by atoms with Crippen LogP contribution < -0.4 is 5.32 Å². The van der Waals surface area contributed by atoms with Gasteiger partial charge in [-0.2, -0.15) is 0 Å². The number of carbonyl (C=O) groups is 2. The van der Waals surface area contributed by atoms with Crippen LogP contribution in [0.1, 0.15) is 38.2 Å². The van der Waals surface area contributed by atoms with E-state index in [0.717, 1.165) is 31.7 Å². The lowest BCUT2D eigenvalue weighted by Crippen LogP contribution is -2.31. The van der Waals surface area contributed by atoms with Gasteiger partial charge in [-0.05, 0) is 24.6 Å². The summed E-state index contributed by atoms with van der Waals surface area (Å²) >= 11 is 0. The standard InChI is InChI=1S/C19H26N2O2/c1-3-21(4-2)11-10-20-14-17-18(22)12-16(13-19(17)23)15-8-6-5-7-9-15/h5-9,14,16,20H,3-4,10-13H2,1-2H3. The molecule has 0 atom stereocenters. The fraction of sp³-hybridized carbons (Fsp3) is 0.474. The summed E-state index contributed by atoms with van der Waals surface area (Å²) in [6.07, 6.45) is 2.45. The number of allylic oxidation sites excluding steroid dienone is 1. The number of ketones is 2. The van der Waals surface area contributed by atoms with Gasteiger partial charge in [0.05, 0.1) is 5.57 Å². The van der Waals surface area contributed by atoms with Crippen molar-refractivity contribution < 1.29 is 9.59 Å². The largest absolute Gasteiger partial charge is 0.389 e. The molecule has 0 amide bonds. The Morgan fingerprint density at radius 3 is 2.26 bits per heavy atom. The molecule has 23 heavy (non-hydrogen) atoms. The van der Waals surface area contributed by atoms with Crippen LogP contribution in [0.3, 0.4) is 0 Å². The Balaban J connectivity index is 1.91. The highest BCUT2D eigenvalue weighted by atomic mass is 16.1. The zero-order valence-electron chi connectivity index (χ0n) is 14.0. The van der Waals surface area contributed by atoms with Crippen LogP contribution in [0.2, 0.25) is 0 Å². The van der Waals surface area contributed by atoms with Crippen LogP contribution in [0.4, 0.5) is 0 Å². The molecule has 0 aliphatic heterocycles. The van der Waals surface area contributed by atoms with E-state index in [-0.39, 0.29) is 17.5 Å². The highest BCUT2D eigenvalue weighted by Gasteiger charge is 2.31. The van der Waals surface area contributed by atoms with Gasteiger partial charge in [0.1, 0.15) is 0 Å². The lowest BCUT2D eigenvalue weighted by atomic mass is 9.80. The van der Waals surface area contributed by atoms with Crippen LogP contribution in [0.15, 0.2) is 42.1 Å². The minimum absolute atomic E-state index is 0.0176. The van der Waals surface area contributed by atoms with E-state index in [1.165, 1.54) is 0 Å². The molecule has 1 saturated carbocycles. The van der Waals surface area contributed by atoms with E-state index in [1.807, 2.05) is 30.3 Å². The summed E-state index contributed by atoms with van der Waals surface area (Å²) in [5.74, 6) is -0.0834. The molecule has 1 aliphatic rings. The van der Waals surface area contributed by atoms with Crippen molar-refractivity contribution in [1.29, 1.82) is 0 Å². The third-order valence-corrected chi connectivity index (χ3v) is 4.45. The molecule has 0 aromatic heterocycles. The number of benzene rings is 1. The summed E-state index contributed by atoms with van der Waals surface area (Å²) in [5, 5.41) is 3.12. The molecule has 124 valence electrons. The number of hydrogen-bond donors (Lipinski definition) is 1. The van der Waals surface area contributed by atoms with E-state index in [0.29, 0.717) is 18.4 Å². The molecule has 4 heteroatoms. The maximum atomic E-state index is 12.3. The Morgan fingerprint density at radius 1 is 1.09 bits per heavy atom. The van der Waals surface area contributed by atoms with Crippen molar-refractivity contribution in [3.8, 4) is 0 Å². The zero-order valence-corrected chi connectivity index (χ0v) is 14.0. The van der Waals surface area contributed by atoms with Crippen molar-refractivity contribution >= 4 is 11.6 Å². The van der Waals surface area contributed by atoms with Gasteiger partial charge in [0.2, 0.25) is 0 Å². The SMILES string of the molecule is CCN(CC)CCNC=C1C(=O)CC(c2ccccc2)CC1=O. The number of carbonyl (C=O) groups excluding carboxylic acids is 2. The average Bonchev–Trinajstić information content (AvgIpc) is 2.57. The van der Waals surface area contributed by atoms with Gasteiger partial charge in [-0.15, -0.1) is 0 Å². The Bertz CT molecular complexity index is 542. The van der Waals surface area contributed by atoms with Gasteiger partial charge in [0.15, 0.2) is 11.6 Å². The van der Waals surface area contributed by atoms with E-state index < -0.39 is 0 Å². The third kappa shape index (κ3) is 4.76. The monoisotopic (exact) mass is 314 g/mol.